The number of anilines is 1. The molecular formula is C37H29F3N6O4S. The maximum absolute atomic E-state index is 15.6. The summed E-state index contributed by atoms with van der Waals surface area (Å²) in [5, 5.41) is 10.6. The molecule has 0 spiro atoms. The molecule has 6 heterocycles. The first-order chi connectivity index (χ1) is 24.8. The van der Waals surface area contributed by atoms with Crippen molar-refractivity contribution in [2.45, 2.75) is 50.4 Å². The molecule has 4 aromatic heterocycles. The lowest BCUT2D eigenvalue weighted by Gasteiger charge is -2.18. The molecule has 0 unspecified atom stereocenters. The number of thiophene rings is 1. The van der Waals surface area contributed by atoms with E-state index in [1.807, 2.05) is 17.0 Å². The Labute approximate surface area is 292 Å². The van der Waals surface area contributed by atoms with Crippen molar-refractivity contribution in [3.8, 4) is 27.6 Å². The van der Waals surface area contributed by atoms with Crippen molar-refractivity contribution in [1.82, 2.24) is 25.1 Å². The number of hydrogen-bond acceptors (Lipinski definition) is 9. The van der Waals surface area contributed by atoms with E-state index in [9.17, 15) is 18.4 Å². The van der Waals surface area contributed by atoms with Gasteiger partial charge in [0.25, 0.3) is 11.8 Å². The van der Waals surface area contributed by atoms with Crippen LogP contribution >= 0.6 is 11.3 Å². The van der Waals surface area contributed by atoms with Crippen molar-refractivity contribution < 1.29 is 27.1 Å². The molecular weight excluding hydrogens is 682 g/mol. The normalized spacial score (nSPS) is 19.1. The number of carbonyl (C=O) groups excluding carboxylic acids is 1. The summed E-state index contributed by atoms with van der Waals surface area (Å²) >= 11 is 1.36. The average molecular weight is 711 g/mol. The Bertz CT molecular complexity index is 2430. The molecule has 1 fully saturated rings. The molecule has 10 nitrogen and oxygen atoms in total. The minimum Gasteiger partial charge on any atom is -0.493 e. The second kappa shape index (κ2) is 12.1. The van der Waals surface area contributed by atoms with Crippen LogP contribution < -0.4 is 15.8 Å². The van der Waals surface area contributed by atoms with Crippen LogP contribution in [-0.2, 0) is 19.3 Å². The number of carbonyl (C=O) groups is 1. The van der Waals surface area contributed by atoms with Crippen molar-refractivity contribution in [3.05, 3.63) is 111 Å². The lowest BCUT2D eigenvalue weighted by molar-refractivity contribution is 0.0776. The van der Waals surface area contributed by atoms with Crippen molar-refractivity contribution in [3.63, 3.8) is 0 Å². The molecule has 3 atom stereocenters. The third kappa shape index (κ3) is 5.10. The van der Waals surface area contributed by atoms with Gasteiger partial charge in [-0.15, -0.1) is 16.4 Å². The van der Waals surface area contributed by atoms with Crippen LogP contribution in [0.4, 0.5) is 19.0 Å². The van der Waals surface area contributed by atoms with Crippen molar-refractivity contribution in [2.24, 2.45) is 0 Å². The monoisotopic (exact) mass is 710 g/mol. The maximum Gasteiger partial charge on any atom is 0.434 e. The number of alkyl halides is 1. The fourth-order valence-electron chi connectivity index (χ4n) is 7.81. The second-order valence-corrected chi connectivity index (χ2v) is 14.0. The number of amides is 1. The number of methoxy groups -OCH3 is 1. The Morgan fingerprint density at radius 1 is 1.08 bits per heavy atom. The van der Waals surface area contributed by atoms with Crippen LogP contribution in [0.15, 0.2) is 63.9 Å². The second-order valence-electron chi connectivity index (χ2n) is 12.9. The van der Waals surface area contributed by atoms with E-state index < -0.39 is 23.8 Å². The van der Waals surface area contributed by atoms with Crippen LogP contribution in [0.3, 0.4) is 0 Å². The lowest BCUT2D eigenvalue weighted by atomic mass is 9.93. The van der Waals surface area contributed by atoms with Crippen molar-refractivity contribution in [1.29, 1.82) is 0 Å². The summed E-state index contributed by atoms with van der Waals surface area (Å²) in [6.45, 7) is 0.601. The highest BCUT2D eigenvalue weighted by atomic mass is 32.1. The number of nitrogens with zero attached hydrogens (tertiary/aromatic N) is 4. The Morgan fingerprint density at radius 2 is 1.92 bits per heavy atom. The Hall–Kier alpha value is -5.50. The molecule has 0 radical (unpaired) electrons. The van der Waals surface area contributed by atoms with Gasteiger partial charge in [-0.3, -0.25) is 9.78 Å². The van der Waals surface area contributed by atoms with Crippen molar-refractivity contribution >= 4 is 33.1 Å². The maximum atomic E-state index is 15.6. The molecule has 258 valence electrons. The van der Waals surface area contributed by atoms with Gasteiger partial charge in [-0.05, 0) is 72.5 Å². The quantitative estimate of drug-likeness (QED) is 0.171. The summed E-state index contributed by atoms with van der Waals surface area (Å²) < 4.78 is 55.3. The highest BCUT2D eigenvalue weighted by molar-refractivity contribution is 7.23. The number of hydrogen-bond donors (Lipinski definition) is 2. The SMILES string of the molecule is COc1c(F)ccc2c1C[C@H](F)[C@H]2Nc1nccc2cc(-c3c4c(nc(CCc5ccc(F)cc5)c3-c3n[nH]c(=O)o3)[C@H]3CCCN3C4=O)sc12. The van der Waals surface area contributed by atoms with Crippen LogP contribution in [0.5, 0.6) is 5.75 Å². The van der Waals surface area contributed by atoms with E-state index in [0.717, 1.165) is 23.8 Å². The molecule has 2 aromatic carbocycles. The zero-order valence-electron chi connectivity index (χ0n) is 27.1. The molecule has 9 rings (SSSR count). The highest BCUT2D eigenvalue weighted by Gasteiger charge is 2.45. The third-order valence-corrected chi connectivity index (χ3v) is 11.3. The minimum atomic E-state index is -1.36. The van der Waals surface area contributed by atoms with E-state index in [-0.39, 0.29) is 35.8 Å². The Balaban J connectivity index is 1.20. The molecule has 0 bridgehead atoms. The van der Waals surface area contributed by atoms with Gasteiger partial charge >= 0.3 is 5.76 Å². The number of ether oxygens (including phenoxy) is 1. The van der Waals surface area contributed by atoms with Gasteiger partial charge in [-0.2, -0.15) is 0 Å². The van der Waals surface area contributed by atoms with Gasteiger partial charge in [0.05, 0.1) is 46.4 Å². The van der Waals surface area contributed by atoms with E-state index >= 15 is 4.39 Å². The summed E-state index contributed by atoms with van der Waals surface area (Å²) in [4.78, 5) is 38.7. The smallest absolute Gasteiger partial charge is 0.434 e. The van der Waals surface area contributed by atoms with Crippen LogP contribution in [0, 0.1) is 11.6 Å². The molecule has 0 saturated carbocycles. The number of H-pyrrole nitrogens is 1. The van der Waals surface area contributed by atoms with Crippen LogP contribution in [0.25, 0.3) is 32.0 Å². The van der Waals surface area contributed by atoms with Gasteiger partial charge < -0.3 is 19.4 Å². The molecule has 2 N–H and O–H groups in total. The predicted molar refractivity (Wildman–Crippen MR) is 184 cm³/mol. The first kappa shape index (κ1) is 31.5. The fraction of sp³-hybridized carbons (Fsp3) is 0.270. The topological polar surface area (TPSA) is 126 Å². The van der Waals surface area contributed by atoms with Crippen LogP contribution in [-0.4, -0.2) is 50.8 Å². The molecule has 2 aliphatic heterocycles. The fourth-order valence-corrected chi connectivity index (χ4v) is 8.97. The molecule has 1 saturated heterocycles. The number of pyridine rings is 2. The standard InChI is InChI=1S/C37H29F3N6O4S/c1-49-32-21-16-23(40)30(20(21)9-10-22(32)39)43-34-33-18(12-13-41-34)15-26(51-33)28-27(35-44-45-37(48)50-35)24(11-6-17-4-7-19(38)8-5-17)42-31-25-3-2-14-46(25)36(47)29(28)31/h4-5,7-10,12-13,15,23,25,30H,2-3,6,11,14,16H2,1H3,(H,41,43)(H,45,48)/t23-,25+,30-/m0/s1. The summed E-state index contributed by atoms with van der Waals surface area (Å²) in [7, 11) is 1.36. The third-order valence-electron chi connectivity index (χ3n) is 10.1. The van der Waals surface area contributed by atoms with Gasteiger partial charge in [0.1, 0.15) is 17.8 Å². The first-order valence-electron chi connectivity index (χ1n) is 16.6. The van der Waals surface area contributed by atoms with E-state index in [1.165, 1.54) is 36.6 Å². The summed E-state index contributed by atoms with van der Waals surface area (Å²) in [6.07, 6.45) is 2.76. The van der Waals surface area contributed by atoms with E-state index in [2.05, 4.69) is 20.5 Å². The number of aromatic nitrogens is 4. The zero-order chi connectivity index (χ0) is 35.0. The largest absolute Gasteiger partial charge is 0.493 e. The highest BCUT2D eigenvalue weighted by Crippen LogP contribution is 2.51. The van der Waals surface area contributed by atoms with Gasteiger partial charge in [0.15, 0.2) is 11.6 Å². The molecule has 3 aliphatic rings. The summed E-state index contributed by atoms with van der Waals surface area (Å²) in [5.74, 6) is -1.34. The molecule has 14 heteroatoms. The lowest BCUT2D eigenvalue weighted by Crippen LogP contribution is -2.22. The van der Waals surface area contributed by atoms with Gasteiger partial charge in [-0.25, -0.2) is 28.0 Å². The number of aromatic amines is 1. The van der Waals surface area contributed by atoms with Crippen LogP contribution in [0.1, 0.15) is 63.4 Å². The summed E-state index contributed by atoms with van der Waals surface area (Å²) in [6, 6.07) is 11.9. The van der Waals surface area contributed by atoms with E-state index in [4.69, 9.17) is 14.1 Å². The van der Waals surface area contributed by atoms with Gasteiger partial charge in [0.2, 0.25) is 0 Å². The number of benzene rings is 2. The molecule has 1 aliphatic carbocycles. The van der Waals surface area contributed by atoms with Crippen LogP contribution in [0.2, 0.25) is 0 Å². The van der Waals surface area contributed by atoms with Crippen molar-refractivity contribution in [2.75, 3.05) is 19.0 Å². The van der Waals surface area contributed by atoms with Gasteiger partial charge in [-0.1, -0.05) is 18.2 Å². The predicted octanol–water partition coefficient (Wildman–Crippen LogP) is 7.11. The van der Waals surface area contributed by atoms with E-state index in [0.29, 0.717) is 74.0 Å². The number of aryl methyl sites for hydroxylation is 2. The van der Waals surface area contributed by atoms with Gasteiger partial charge in [0, 0.05) is 35.2 Å². The first-order valence-corrected chi connectivity index (χ1v) is 17.4. The number of rotatable bonds is 8. The molecule has 1 amide bonds. The number of nitrogens with one attached hydrogen (secondary N) is 2. The summed E-state index contributed by atoms with van der Waals surface area (Å²) in [5.41, 5.74) is 4.61. The molecule has 51 heavy (non-hydrogen) atoms. The average Bonchev–Trinajstić information content (AvgIpc) is 3.96. The Kier molecular flexibility index (Phi) is 7.45. The zero-order valence-corrected chi connectivity index (χ0v) is 28.0. The van der Waals surface area contributed by atoms with E-state index in [1.54, 1.807) is 24.4 Å². The number of fused-ring (bicyclic) bond motifs is 5. The number of halogens is 3. The Morgan fingerprint density at radius 3 is 2.71 bits per heavy atom. The molecule has 6 aromatic rings. The minimum absolute atomic E-state index is 0.00258.